The molecule has 53 heavy (non-hydrogen) atoms. The van der Waals surface area contributed by atoms with Crippen LogP contribution in [0.3, 0.4) is 0 Å². The molecule has 0 radical (unpaired) electrons. The monoisotopic (exact) mass is 774 g/mol. The second-order valence-electron chi connectivity index (χ2n) is 16.1. The smallest absolute Gasteiger partial charge is 0.289 e. The highest BCUT2D eigenvalue weighted by molar-refractivity contribution is 6.54. The molecule has 2 aliphatic heterocycles. The minimum Gasteiger partial charge on any atom is -0.387 e. The van der Waals surface area contributed by atoms with Gasteiger partial charge in [-0.25, -0.2) is 0 Å². The zero-order valence-electron chi connectivity index (χ0n) is 31.0. The fraction of sp³-hybridized carbons (Fsp3) is 0.658. The third-order valence-electron chi connectivity index (χ3n) is 10.5. The Kier molecular flexibility index (Phi) is 13.1. The molecule has 4 aliphatic rings. The summed E-state index contributed by atoms with van der Waals surface area (Å²) in [5.74, 6) is -3.05. The molecule has 2 saturated carbocycles. The Morgan fingerprint density at radius 1 is 1.02 bits per heavy atom. The molecule has 5 amide bonds. The summed E-state index contributed by atoms with van der Waals surface area (Å²) in [7, 11) is 0. The summed E-state index contributed by atoms with van der Waals surface area (Å²) in [5.41, 5.74) is -0.203. The third kappa shape index (κ3) is 10.5. The molecule has 2 aliphatic carbocycles. The molecule has 1 aromatic rings. The van der Waals surface area contributed by atoms with E-state index in [2.05, 4.69) is 26.4 Å². The van der Waals surface area contributed by atoms with Crippen LogP contribution in [0.5, 0.6) is 0 Å². The summed E-state index contributed by atoms with van der Waals surface area (Å²) in [4.78, 5) is 86.6. The van der Waals surface area contributed by atoms with Gasteiger partial charge in [0.1, 0.15) is 12.1 Å². The molecule has 3 fully saturated rings. The highest BCUT2D eigenvalue weighted by Gasteiger charge is 2.55. The second-order valence-corrected chi connectivity index (χ2v) is 17.2. The summed E-state index contributed by atoms with van der Waals surface area (Å²) in [6.07, 6.45) is 8.25. The molecule has 0 aromatic heterocycles. The summed E-state index contributed by atoms with van der Waals surface area (Å²) in [6, 6.07) is 3.73. The van der Waals surface area contributed by atoms with Gasteiger partial charge < -0.3 is 31.0 Å². The Hall–Kier alpha value is -3.71. The van der Waals surface area contributed by atoms with E-state index in [0.29, 0.717) is 29.8 Å². The van der Waals surface area contributed by atoms with Gasteiger partial charge in [-0.2, -0.15) is 0 Å². The number of hydrogen-bond acceptors (Lipinski definition) is 8. The van der Waals surface area contributed by atoms with Crippen molar-refractivity contribution in [3.8, 4) is 0 Å². The minimum absolute atomic E-state index is 0.0207. The summed E-state index contributed by atoms with van der Waals surface area (Å²) < 4.78 is 0. The Morgan fingerprint density at radius 3 is 2.38 bits per heavy atom. The summed E-state index contributed by atoms with van der Waals surface area (Å²) >= 11 is 11.4. The first-order chi connectivity index (χ1) is 25.1. The molecule has 4 atom stereocenters. The molecule has 5 rings (SSSR count). The Bertz CT molecular complexity index is 1600. The molecule has 15 heteroatoms. The maximum absolute atomic E-state index is 14.7. The SMILES string of the molecule is CCC[C@H](NC(=O)[C@@H]1C[C@]2(CC(c3cccc(NC(=O)C(Cl)Cl)c3)=NO2)CN1C(=O)[C@@H](NC(=O)CC1CCCCC1)C(C)(C)C)C(=O)C(=O)NC1CC1. The molecule has 13 nitrogen and oxygen atoms in total. The molecule has 0 bridgehead atoms. The first kappa shape index (κ1) is 40.5. The third-order valence-corrected chi connectivity index (χ3v) is 10.8. The predicted molar refractivity (Wildman–Crippen MR) is 201 cm³/mol. The van der Waals surface area contributed by atoms with Crippen molar-refractivity contribution in [2.24, 2.45) is 16.5 Å². The molecular weight excluding hydrogens is 723 g/mol. The van der Waals surface area contributed by atoms with E-state index < -0.39 is 63.4 Å². The predicted octanol–water partition coefficient (Wildman–Crippen LogP) is 4.53. The summed E-state index contributed by atoms with van der Waals surface area (Å²) in [5, 5.41) is 15.5. The number of carbonyl (C=O) groups excluding carboxylic acids is 6. The van der Waals surface area contributed by atoms with Gasteiger partial charge in [-0.05, 0) is 55.6 Å². The van der Waals surface area contributed by atoms with Crippen molar-refractivity contribution in [2.75, 3.05) is 11.9 Å². The number of hydrogen-bond donors (Lipinski definition) is 4. The Morgan fingerprint density at radius 2 is 1.74 bits per heavy atom. The summed E-state index contributed by atoms with van der Waals surface area (Å²) in [6.45, 7) is 7.42. The van der Waals surface area contributed by atoms with Crippen molar-refractivity contribution < 1.29 is 33.6 Å². The van der Waals surface area contributed by atoms with Gasteiger partial charge >= 0.3 is 0 Å². The number of rotatable bonds is 14. The number of halogens is 2. The number of Topliss-reactive ketones (excluding diaryl/α,β-unsaturated/α-hetero) is 1. The number of amides is 5. The van der Waals surface area contributed by atoms with Crippen molar-refractivity contribution in [3.05, 3.63) is 29.8 Å². The van der Waals surface area contributed by atoms with E-state index in [1.54, 1.807) is 24.3 Å². The number of anilines is 1. The van der Waals surface area contributed by atoms with Crippen molar-refractivity contribution in [2.45, 2.75) is 139 Å². The first-order valence-corrected chi connectivity index (χ1v) is 19.7. The van der Waals surface area contributed by atoms with Crippen LogP contribution in [0.25, 0.3) is 0 Å². The van der Waals surface area contributed by atoms with Gasteiger partial charge in [0, 0.05) is 36.6 Å². The van der Waals surface area contributed by atoms with E-state index in [-0.39, 0.29) is 43.7 Å². The average molecular weight is 776 g/mol. The number of oxime groups is 1. The molecule has 2 heterocycles. The fourth-order valence-corrected chi connectivity index (χ4v) is 7.52. The van der Waals surface area contributed by atoms with Crippen LogP contribution in [0.15, 0.2) is 29.4 Å². The molecule has 290 valence electrons. The highest BCUT2D eigenvalue weighted by atomic mass is 35.5. The van der Waals surface area contributed by atoms with E-state index in [0.717, 1.165) is 44.9 Å². The van der Waals surface area contributed by atoms with Crippen LogP contribution in [0.4, 0.5) is 5.69 Å². The fourth-order valence-electron chi connectivity index (χ4n) is 7.41. The number of carbonyl (C=O) groups is 6. The topological polar surface area (TPSA) is 175 Å². The number of benzene rings is 1. The number of likely N-dealkylation sites (tertiary alicyclic amines) is 1. The van der Waals surface area contributed by atoms with Crippen LogP contribution in [-0.4, -0.2) is 87.1 Å². The highest BCUT2D eigenvalue weighted by Crippen LogP contribution is 2.40. The Balaban J connectivity index is 1.39. The lowest BCUT2D eigenvalue weighted by atomic mass is 9.84. The normalized spacial score (nSPS) is 22.8. The zero-order valence-corrected chi connectivity index (χ0v) is 32.5. The van der Waals surface area contributed by atoms with Crippen molar-refractivity contribution in [3.63, 3.8) is 0 Å². The van der Waals surface area contributed by atoms with Gasteiger partial charge in [0.2, 0.25) is 23.5 Å². The molecule has 0 unspecified atom stereocenters. The van der Waals surface area contributed by atoms with Gasteiger partial charge in [0.25, 0.3) is 11.8 Å². The van der Waals surface area contributed by atoms with Gasteiger partial charge in [-0.15, -0.1) is 0 Å². The zero-order chi connectivity index (χ0) is 38.5. The van der Waals surface area contributed by atoms with E-state index in [1.165, 1.54) is 4.90 Å². The van der Waals surface area contributed by atoms with Crippen molar-refractivity contribution in [1.82, 2.24) is 20.9 Å². The Labute approximate surface area is 321 Å². The second kappa shape index (κ2) is 17.2. The van der Waals surface area contributed by atoms with Crippen molar-refractivity contribution in [1.29, 1.82) is 0 Å². The van der Waals surface area contributed by atoms with Crippen molar-refractivity contribution >= 4 is 69.9 Å². The first-order valence-electron chi connectivity index (χ1n) is 18.8. The van der Waals surface area contributed by atoms with E-state index in [9.17, 15) is 28.8 Å². The van der Waals surface area contributed by atoms with E-state index in [1.807, 2.05) is 27.7 Å². The maximum atomic E-state index is 14.7. The van der Waals surface area contributed by atoms with Crippen LogP contribution in [0, 0.1) is 11.3 Å². The maximum Gasteiger partial charge on any atom is 0.289 e. The number of nitrogens with zero attached hydrogens (tertiary/aromatic N) is 2. The number of nitrogens with one attached hydrogen (secondary N) is 4. The van der Waals surface area contributed by atoms with Crippen LogP contribution in [0.2, 0.25) is 0 Å². The quantitative estimate of drug-likeness (QED) is 0.159. The van der Waals surface area contributed by atoms with Gasteiger partial charge in [0.05, 0.1) is 18.3 Å². The number of ketones is 1. The van der Waals surface area contributed by atoms with Crippen LogP contribution >= 0.6 is 23.2 Å². The van der Waals surface area contributed by atoms with E-state index in [4.69, 9.17) is 28.0 Å². The molecule has 4 N–H and O–H groups in total. The largest absolute Gasteiger partial charge is 0.387 e. The average Bonchev–Trinajstić information content (AvgIpc) is 3.70. The lowest BCUT2D eigenvalue weighted by Gasteiger charge is -2.36. The van der Waals surface area contributed by atoms with Gasteiger partial charge in [0.15, 0.2) is 10.4 Å². The van der Waals surface area contributed by atoms with Crippen LogP contribution < -0.4 is 21.3 Å². The molecule has 1 aromatic carbocycles. The lowest BCUT2D eigenvalue weighted by Crippen LogP contribution is -2.59. The van der Waals surface area contributed by atoms with Crippen LogP contribution in [0.1, 0.15) is 110 Å². The van der Waals surface area contributed by atoms with E-state index >= 15 is 0 Å². The number of alkyl halides is 2. The lowest BCUT2D eigenvalue weighted by molar-refractivity contribution is -0.145. The van der Waals surface area contributed by atoms with Gasteiger partial charge in [-0.3, -0.25) is 28.8 Å². The standard InChI is InChI=1S/C38H52Cl2N6O7/c1-5-10-26(30(48)34(50)41-24-15-16-24)43-33(49)28-20-38(19-27(45-53-38)23-13-9-14-25(18-23)42-35(51)32(39)40)21-46(28)36(52)31(37(2,3)4)44-29(47)17-22-11-7-6-8-12-22/h9,13-14,18,22,24,26,28,31-32H,5-8,10-12,15-17,19-21H2,1-4H3,(H,41,50)(H,42,51)(H,43,49)(H,44,47)/t26-,28-,31+,38+/m0/s1. The van der Waals surface area contributed by atoms with Gasteiger partial charge in [-0.1, -0.05) is 93.9 Å². The molecule has 1 saturated heterocycles. The van der Waals surface area contributed by atoms with Crippen LogP contribution in [-0.2, 0) is 33.6 Å². The molecular formula is C38H52Cl2N6O7. The molecule has 1 spiro atoms. The minimum atomic E-state index is -1.26.